The van der Waals surface area contributed by atoms with Crippen molar-refractivity contribution >= 4 is 17.3 Å². The number of anilines is 1. The third kappa shape index (κ3) is 5.33. The SMILES string of the molecule is Cc1cccc2c1OCC(=O)NC2C(O)N(Cc1ccc(C(F)(F)F)cc1)c1ccc([N+](C)=O)cc1. The standard InChI is InChI=1S/C26H24F3N3O4/c1-16-4-3-5-21-23(30-22(33)15-36-24(16)21)25(34)32(20-12-10-19(11-13-20)31(2)35)14-17-6-8-18(9-7-17)26(27,28)29/h3-13,23,25,34H,14-15H2,1-2H3/p+1. The molecule has 1 aliphatic heterocycles. The van der Waals surface area contributed by atoms with Gasteiger partial charge in [-0.3, -0.25) is 4.79 Å². The monoisotopic (exact) mass is 500 g/mol. The Morgan fingerprint density at radius 3 is 2.39 bits per heavy atom. The largest absolute Gasteiger partial charge is 0.483 e. The normalized spacial score (nSPS) is 16.3. The highest BCUT2D eigenvalue weighted by Crippen LogP contribution is 2.36. The second-order valence-electron chi connectivity index (χ2n) is 8.58. The number of nitroso groups, excluding NO2 is 1. The molecule has 0 radical (unpaired) electrons. The smallest absolute Gasteiger partial charge is 0.416 e. The highest BCUT2D eigenvalue weighted by molar-refractivity contribution is 5.79. The maximum absolute atomic E-state index is 13.0. The molecule has 0 aromatic heterocycles. The van der Waals surface area contributed by atoms with Gasteiger partial charge < -0.3 is 20.1 Å². The molecule has 4 rings (SSSR count). The number of hydrogen-bond acceptors (Lipinski definition) is 5. The Bertz CT molecular complexity index is 1260. The number of benzene rings is 3. The van der Waals surface area contributed by atoms with Crippen molar-refractivity contribution in [2.24, 2.45) is 0 Å². The van der Waals surface area contributed by atoms with Gasteiger partial charge in [-0.25, -0.2) is 0 Å². The van der Waals surface area contributed by atoms with E-state index in [1.165, 1.54) is 19.2 Å². The number of fused-ring (bicyclic) bond motifs is 1. The van der Waals surface area contributed by atoms with E-state index in [9.17, 15) is 28.0 Å². The zero-order chi connectivity index (χ0) is 26.0. The van der Waals surface area contributed by atoms with E-state index in [0.717, 1.165) is 17.7 Å². The number of rotatable bonds is 6. The van der Waals surface area contributed by atoms with E-state index in [1.54, 1.807) is 41.3 Å². The van der Waals surface area contributed by atoms with Gasteiger partial charge in [0.1, 0.15) is 11.8 Å². The molecule has 3 aromatic rings. The number of nitrogens with zero attached hydrogens (tertiary/aromatic N) is 2. The van der Waals surface area contributed by atoms with Gasteiger partial charge in [-0.2, -0.15) is 13.2 Å². The fourth-order valence-electron chi connectivity index (χ4n) is 4.15. The first-order chi connectivity index (χ1) is 17.0. The Balaban J connectivity index is 1.74. The fraction of sp³-hybridized carbons (Fsp3) is 0.269. The van der Waals surface area contributed by atoms with E-state index in [2.05, 4.69) is 5.32 Å². The molecule has 0 saturated heterocycles. The van der Waals surface area contributed by atoms with Crippen molar-refractivity contribution in [1.29, 1.82) is 0 Å². The van der Waals surface area contributed by atoms with Crippen molar-refractivity contribution in [3.05, 3.63) is 93.9 Å². The number of nitrogens with one attached hydrogen (secondary N) is 1. The zero-order valence-electron chi connectivity index (χ0n) is 19.6. The second kappa shape index (κ2) is 9.98. The summed E-state index contributed by atoms with van der Waals surface area (Å²) >= 11 is 0. The summed E-state index contributed by atoms with van der Waals surface area (Å²) in [6.07, 6.45) is -5.79. The Labute approximate surface area is 205 Å². The van der Waals surface area contributed by atoms with Gasteiger partial charge in [0.15, 0.2) is 19.9 Å². The number of halogens is 3. The van der Waals surface area contributed by atoms with Gasteiger partial charge in [0.05, 0.1) is 5.56 Å². The number of carbonyl (C=O) groups is 1. The first-order valence-electron chi connectivity index (χ1n) is 11.2. The highest BCUT2D eigenvalue weighted by Gasteiger charge is 2.34. The number of aliphatic hydroxyl groups excluding tert-OH is 1. The van der Waals surface area contributed by atoms with Crippen LogP contribution in [0.25, 0.3) is 0 Å². The summed E-state index contributed by atoms with van der Waals surface area (Å²) < 4.78 is 45.5. The molecule has 1 amide bonds. The van der Waals surface area contributed by atoms with Crippen molar-refractivity contribution in [1.82, 2.24) is 5.32 Å². The molecule has 36 heavy (non-hydrogen) atoms. The molecule has 0 spiro atoms. The number of aliphatic hydroxyl groups is 1. The predicted octanol–water partition coefficient (Wildman–Crippen LogP) is 4.63. The number of amides is 1. The fourth-order valence-corrected chi connectivity index (χ4v) is 4.15. The summed E-state index contributed by atoms with van der Waals surface area (Å²) in [6.45, 7) is 1.64. The molecule has 1 heterocycles. The van der Waals surface area contributed by atoms with Crippen molar-refractivity contribution in [3.63, 3.8) is 0 Å². The van der Waals surface area contributed by atoms with Crippen LogP contribution < -0.4 is 15.0 Å². The molecular formula is C26H25F3N3O4+. The average Bonchev–Trinajstić information content (AvgIpc) is 3.01. The van der Waals surface area contributed by atoms with E-state index in [0.29, 0.717) is 33.0 Å². The summed E-state index contributed by atoms with van der Waals surface area (Å²) in [5, 5.41) is 14.4. The van der Waals surface area contributed by atoms with Crippen LogP contribution >= 0.6 is 0 Å². The maximum Gasteiger partial charge on any atom is 0.416 e. The van der Waals surface area contributed by atoms with Gasteiger partial charge in [-0.05, 0) is 42.3 Å². The van der Waals surface area contributed by atoms with Crippen LogP contribution in [0.5, 0.6) is 5.75 Å². The number of hydrogen-bond donors (Lipinski definition) is 2. The van der Waals surface area contributed by atoms with Gasteiger partial charge in [0, 0.05) is 39.6 Å². The van der Waals surface area contributed by atoms with E-state index in [-0.39, 0.29) is 13.2 Å². The minimum absolute atomic E-state index is 0.0280. The molecule has 2 atom stereocenters. The molecule has 0 saturated carbocycles. The Morgan fingerprint density at radius 1 is 1.11 bits per heavy atom. The lowest BCUT2D eigenvalue weighted by Gasteiger charge is -2.35. The van der Waals surface area contributed by atoms with Crippen molar-refractivity contribution < 1.29 is 32.6 Å². The summed E-state index contributed by atoms with van der Waals surface area (Å²) in [6, 6.07) is 15.5. The van der Waals surface area contributed by atoms with E-state index in [4.69, 9.17) is 4.74 Å². The van der Waals surface area contributed by atoms with Gasteiger partial charge in [-0.15, -0.1) is 0 Å². The highest BCUT2D eigenvalue weighted by atomic mass is 19.4. The number of alkyl halides is 3. The van der Waals surface area contributed by atoms with Crippen LogP contribution in [-0.4, -0.2) is 35.7 Å². The molecule has 10 heteroatoms. The Hall–Kier alpha value is -3.92. The Kier molecular flexibility index (Phi) is 6.98. The molecule has 1 aliphatic rings. The van der Waals surface area contributed by atoms with Crippen LogP contribution in [0.2, 0.25) is 0 Å². The lowest BCUT2D eigenvalue weighted by molar-refractivity contribution is -0.428. The quantitative estimate of drug-likeness (QED) is 0.381. The van der Waals surface area contributed by atoms with Crippen LogP contribution in [0.1, 0.15) is 28.3 Å². The van der Waals surface area contributed by atoms with Gasteiger partial charge in [0.25, 0.3) is 11.6 Å². The van der Waals surface area contributed by atoms with E-state index >= 15 is 0 Å². The molecule has 0 fully saturated rings. The molecule has 188 valence electrons. The zero-order valence-corrected chi connectivity index (χ0v) is 19.6. The van der Waals surface area contributed by atoms with Crippen LogP contribution in [-0.2, 0) is 17.5 Å². The van der Waals surface area contributed by atoms with E-state index in [1.807, 2.05) is 13.0 Å². The van der Waals surface area contributed by atoms with Crippen molar-refractivity contribution in [2.75, 3.05) is 18.6 Å². The van der Waals surface area contributed by atoms with Crippen LogP contribution in [0.3, 0.4) is 0 Å². The van der Waals surface area contributed by atoms with Gasteiger partial charge >= 0.3 is 6.18 Å². The summed E-state index contributed by atoms with van der Waals surface area (Å²) in [4.78, 5) is 25.6. The van der Waals surface area contributed by atoms with E-state index < -0.39 is 29.9 Å². The molecule has 3 aromatic carbocycles. The summed E-state index contributed by atoms with van der Waals surface area (Å²) in [5.41, 5.74) is 1.98. The lowest BCUT2D eigenvalue weighted by Crippen LogP contribution is -2.46. The first-order valence-corrected chi connectivity index (χ1v) is 11.2. The first kappa shape index (κ1) is 25.2. The summed E-state index contributed by atoms with van der Waals surface area (Å²) in [5.74, 6) is 0.0603. The number of aryl methyl sites for hydroxylation is 1. The number of ether oxygens (including phenoxy) is 1. The topological polar surface area (TPSA) is 81.9 Å². The summed E-state index contributed by atoms with van der Waals surface area (Å²) in [7, 11) is 1.35. The third-order valence-electron chi connectivity index (χ3n) is 6.04. The van der Waals surface area contributed by atoms with Gasteiger partial charge in [0.2, 0.25) is 0 Å². The van der Waals surface area contributed by atoms with Crippen molar-refractivity contribution in [3.8, 4) is 5.75 Å². The maximum atomic E-state index is 13.0. The molecule has 2 unspecified atom stereocenters. The molecule has 0 aliphatic carbocycles. The van der Waals surface area contributed by atoms with Crippen molar-refractivity contribution in [2.45, 2.75) is 31.9 Å². The molecule has 7 nitrogen and oxygen atoms in total. The third-order valence-corrected chi connectivity index (χ3v) is 6.04. The minimum Gasteiger partial charge on any atom is -0.483 e. The Morgan fingerprint density at radius 2 is 1.78 bits per heavy atom. The second-order valence-corrected chi connectivity index (χ2v) is 8.58. The lowest BCUT2D eigenvalue weighted by atomic mass is 10.00. The van der Waals surface area contributed by atoms with Crippen LogP contribution in [0.15, 0.2) is 66.7 Å². The molecule has 0 bridgehead atoms. The minimum atomic E-state index is -4.47. The predicted molar refractivity (Wildman–Crippen MR) is 127 cm³/mol. The van der Waals surface area contributed by atoms with Gasteiger partial charge in [-0.1, -0.05) is 30.3 Å². The number of carbonyl (C=O) groups excluding carboxylic acids is 1. The average molecular weight is 500 g/mol. The molecule has 2 N–H and O–H groups in total. The number of para-hydroxylation sites is 1. The molecular weight excluding hydrogens is 475 g/mol. The van der Waals surface area contributed by atoms with Crippen LogP contribution in [0.4, 0.5) is 24.5 Å². The van der Waals surface area contributed by atoms with Crippen LogP contribution in [0, 0.1) is 11.8 Å².